The minimum absolute atomic E-state index is 0.0271. The number of aryl methyl sites for hydroxylation is 2. The van der Waals surface area contributed by atoms with Gasteiger partial charge in [-0.15, -0.1) is 5.10 Å². The molecule has 0 N–H and O–H groups in total. The zero-order valence-electron chi connectivity index (χ0n) is 9.11. The summed E-state index contributed by atoms with van der Waals surface area (Å²) in [6, 6.07) is 3.91. The van der Waals surface area contributed by atoms with Crippen molar-refractivity contribution in [3.63, 3.8) is 0 Å². The van der Waals surface area contributed by atoms with E-state index in [0.717, 1.165) is 16.6 Å². The van der Waals surface area contributed by atoms with Crippen molar-refractivity contribution < 1.29 is 4.79 Å². The number of hydrogen-bond donors (Lipinski definition) is 0. The third-order valence-electron chi connectivity index (χ3n) is 2.60. The molecule has 78 valence electrons. The van der Waals surface area contributed by atoms with Gasteiger partial charge in [-0.2, -0.15) is 4.68 Å². The number of benzene rings is 1. The van der Waals surface area contributed by atoms with E-state index in [1.807, 2.05) is 32.9 Å². The monoisotopic (exact) mass is 203 g/mol. The van der Waals surface area contributed by atoms with E-state index in [1.165, 1.54) is 10.2 Å². The Morgan fingerprint density at radius 2 is 2.00 bits per heavy atom. The number of hydrogen-bond acceptors (Lipinski definition) is 3. The number of aromatic nitrogens is 3. The molecule has 0 amide bonds. The van der Waals surface area contributed by atoms with Gasteiger partial charge < -0.3 is 0 Å². The summed E-state index contributed by atoms with van der Waals surface area (Å²) >= 11 is 0. The van der Waals surface area contributed by atoms with Gasteiger partial charge in [-0.05, 0) is 37.1 Å². The van der Waals surface area contributed by atoms with Crippen LogP contribution in [0, 0.1) is 13.8 Å². The van der Waals surface area contributed by atoms with Crippen molar-refractivity contribution in [3.05, 3.63) is 23.3 Å². The summed E-state index contributed by atoms with van der Waals surface area (Å²) in [6.45, 7) is 5.86. The summed E-state index contributed by atoms with van der Waals surface area (Å²) in [5, 5.41) is 7.85. The van der Waals surface area contributed by atoms with Crippen LogP contribution < -0.4 is 0 Å². The second kappa shape index (κ2) is 3.46. The molecule has 1 aromatic heterocycles. The Balaban J connectivity index is 2.69. The average Bonchev–Trinajstić information content (AvgIpc) is 2.61. The van der Waals surface area contributed by atoms with Gasteiger partial charge in [0, 0.05) is 6.42 Å². The van der Waals surface area contributed by atoms with Gasteiger partial charge in [0.25, 0.3) is 0 Å². The minimum atomic E-state index is -0.0271. The molecular weight excluding hydrogens is 190 g/mol. The fourth-order valence-corrected chi connectivity index (χ4v) is 1.51. The van der Waals surface area contributed by atoms with Crippen molar-refractivity contribution in [1.29, 1.82) is 0 Å². The summed E-state index contributed by atoms with van der Waals surface area (Å²) in [4.78, 5) is 11.5. The molecule has 0 unspecified atom stereocenters. The van der Waals surface area contributed by atoms with Gasteiger partial charge in [0.15, 0.2) is 0 Å². The van der Waals surface area contributed by atoms with E-state index in [-0.39, 0.29) is 5.91 Å². The predicted molar refractivity (Wildman–Crippen MR) is 57.9 cm³/mol. The lowest BCUT2D eigenvalue weighted by Crippen LogP contribution is -2.10. The van der Waals surface area contributed by atoms with Crippen LogP contribution in [-0.2, 0) is 0 Å². The molecule has 1 aromatic carbocycles. The lowest BCUT2D eigenvalue weighted by molar-refractivity contribution is 0.0896. The summed E-state index contributed by atoms with van der Waals surface area (Å²) in [6.07, 6.45) is 0.436. The molecule has 0 aliphatic rings. The fourth-order valence-electron chi connectivity index (χ4n) is 1.51. The second-order valence-electron chi connectivity index (χ2n) is 3.67. The maximum Gasteiger partial charge on any atom is 0.248 e. The first-order chi connectivity index (χ1) is 7.13. The van der Waals surface area contributed by atoms with Gasteiger partial charge in [-0.25, -0.2) is 0 Å². The topological polar surface area (TPSA) is 47.8 Å². The van der Waals surface area contributed by atoms with Crippen LogP contribution >= 0.6 is 0 Å². The van der Waals surface area contributed by atoms with Crippen molar-refractivity contribution in [1.82, 2.24) is 15.0 Å². The number of carbonyl (C=O) groups excluding carboxylic acids is 1. The van der Waals surface area contributed by atoms with E-state index in [4.69, 9.17) is 0 Å². The normalized spacial score (nSPS) is 10.9. The van der Waals surface area contributed by atoms with E-state index in [9.17, 15) is 4.79 Å². The Morgan fingerprint density at radius 1 is 1.33 bits per heavy atom. The Bertz CT molecular complexity index is 528. The van der Waals surface area contributed by atoms with Gasteiger partial charge in [0.05, 0.1) is 5.52 Å². The predicted octanol–water partition coefficient (Wildman–Crippen LogP) is 2.10. The van der Waals surface area contributed by atoms with Crippen molar-refractivity contribution in [2.75, 3.05) is 0 Å². The summed E-state index contributed by atoms with van der Waals surface area (Å²) in [5.74, 6) is -0.0271. The fraction of sp³-hybridized carbons (Fsp3) is 0.364. The second-order valence-corrected chi connectivity index (χ2v) is 3.67. The van der Waals surface area contributed by atoms with E-state index in [2.05, 4.69) is 10.3 Å². The highest BCUT2D eigenvalue weighted by atomic mass is 16.2. The van der Waals surface area contributed by atoms with Crippen LogP contribution in [0.5, 0.6) is 0 Å². The molecule has 0 fully saturated rings. The van der Waals surface area contributed by atoms with Gasteiger partial charge in [-0.1, -0.05) is 12.1 Å². The first kappa shape index (κ1) is 9.83. The molecular formula is C11H13N3O. The smallest absolute Gasteiger partial charge is 0.248 e. The molecule has 4 heteroatoms. The number of rotatable bonds is 1. The van der Waals surface area contributed by atoms with Gasteiger partial charge in [0.1, 0.15) is 5.52 Å². The average molecular weight is 203 g/mol. The zero-order chi connectivity index (χ0) is 11.0. The van der Waals surface area contributed by atoms with Crippen LogP contribution in [0.3, 0.4) is 0 Å². The molecule has 4 nitrogen and oxygen atoms in total. The molecule has 0 radical (unpaired) electrons. The van der Waals surface area contributed by atoms with Crippen molar-refractivity contribution in [2.24, 2.45) is 0 Å². The molecule has 0 aliphatic carbocycles. The number of carbonyl (C=O) groups is 1. The van der Waals surface area contributed by atoms with Gasteiger partial charge in [0.2, 0.25) is 5.91 Å². The SMILES string of the molecule is CCC(=O)n1nnc2cc(C)c(C)cc21. The molecule has 0 aliphatic heterocycles. The lowest BCUT2D eigenvalue weighted by atomic mass is 10.1. The standard InChI is InChI=1S/C11H13N3O/c1-4-11(15)14-10-6-8(3)7(2)5-9(10)12-13-14/h5-6H,4H2,1-3H3. The van der Waals surface area contributed by atoms with Crippen LogP contribution in [0.25, 0.3) is 11.0 Å². The molecule has 0 saturated heterocycles. The molecule has 0 saturated carbocycles. The van der Waals surface area contributed by atoms with E-state index >= 15 is 0 Å². The molecule has 1 heterocycles. The highest BCUT2D eigenvalue weighted by molar-refractivity contribution is 5.89. The maximum atomic E-state index is 11.5. The quantitative estimate of drug-likeness (QED) is 0.713. The van der Waals surface area contributed by atoms with E-state index in [1.54, 1.807) is 0 Å². The summed E-state index contributed by atoms with van der Waals surface area (Å²) < 4.78 is 1.38. The Hall–Kier alpha value is -1.71. The van der Waals surface area contributed by atoms with Gasteiger partial charge in [-0.3, -0.25) is 4.79 Å². The van der Waals surface area contributed by atoms with Crippen LogP contribution in [-0.4, -0.2) is 20.9 Å². The highest BCUT2D eigenvalue weighted by Crippen LogP contribution is 2.17. The molecule has 15 heavy (non-hydrogen) atoms. The Labute approximate surface area is 87.9 Å². The minimum Gasteiger partial charge on any atom is -0.273 e. The summed E-state index contributed by atoms with van der Waals surface area (Å²) in [7, 11) is 0. The molecule has 0 atom stereocenters. The van der Waals surface area contributed by atoms with Crippen LogP contribution in [0.2, 0.25) is 0 Å². The lowest BCUT2D eigenvalue weighted by Gasteiger charge is -2.01. The zero-order valence-corrected chi connectivity index (χ0v) is 9.11. The van der Waals surface area contributed by atoms with Crippen LogP contribution in [0.4, 0.5) is 0 Å². The molecule has 0 bridgehead atoms. The third-order valence-corrected chi connectivity index (χ3v) is 2.60. The van der Waals surface area contributed by atoms with E-state index in [0.29, 0.717) is 6.42 Å². The van der Waals surface area contributed by atoms with Crippen LogP contribution in [0.1, 0.15) is 29.3 Å². The van der Waals surface area contributed by atoms with Crippen molar-refractivity contribution in [3.8, 4) is 0 Å². The maximum absolute atomic E-state index is 11.5. The van der Waals surface area contributed by atoms with Crippen molar-refractivity contribution >= 4 is 16.9 Å². The first-order valence-electron chi connectivity index (χ1n) is 4.99. The Kier molecular flexibility index (Phi) is 2.26. The summed E-state index contributed by atoms with van der Waals surface area (Å²) in [5.41, 5.74) is 3.89. The Morgan fingerprint density at radius 3 is 2.67 bits per heavy atom. The van der Waals surface area contributed by atoms with Crippen molar-refractivity contribution in [2.45, 2.75) is 27.2 Å². The highest BCUT2D eigenvalue weighted by Gasteiger charge is 2.10. The van der Waals surface area contributed by atoms with E-state index < -0.39 is 0 Å². The van der Waals surface area contributed by atoms with Crippen LogP contribution in [0.15, 0.2) is 12.1 Å². The first-order valence-corrected chi connectivity index (χ1v) is 4.99. The van der Waals surface area contributed by atoms with Gasteiger partial charge >= 0.3 is 0 Å². The number of nitrogens with zero attached hydrogens (tertiary/aromatic N) is 3. The molecule has 2 aromatic rings. The molecule has 0 spiro atoms. The third kappa shape index (κ3) is 1.52. The largest absolute Gasteiger partial charge is 0.273 e. The number of fused-ring (bicyclic) bond motifs is 1. The molecule has 2 rings (SSSR count).